The average Bonchev–Trinajstić information content (AvgIpc) is 2.84. The second kappa shape index (κ2) is 13.9. The molecule has 0 unspecified atom stereocenters. The lowest BCUT2D eigenvalue weighted by molar-refractivity contribution is -0.155. The zero-order valence-electron chi connectivity index (χ0n) is 21.1. The third kappa shape index (κ3) is 10.6. The molecule has 2 aromatic carbocycles. The van der Waals surface area contributed by atoms with E-state index in [-0.39, 0.29) is 25.9 Å². The van der Waals surface area contributed by atoms with Gasteiger partial charge in [0.05, 0.1) is 7.11 Å². The second-order valence-corrected chi connectivity index (χ2v) is 9.16. The van der Waals surface area contributed by atoms with Gasteiger partial charge in [0.15, 0.2) is 0 Å². The molecule has 0 aromatic heterocycles. The van der Waals surface area contributed by atoms with Crippen molar-refractivity contribution < 1.29 is 33.4 Å². The second-order valence-electron chi connectivity index (χ2n) is 9.16. The normalized spacial score (nSPS) is 12.6. The molecule has 2 amide bonds. The molecular weight excluding hydrogens is 464 g/mol. The number of benzene rings is 2. The number of nitrogens with one attached hydrogen (secondary N) is 2. The summed E-state index contributed by atoms with van der Waals surface area (Å²) in [4.78, 5) is 50.1. The maximum atomic E-state index is 13.2. The minimum absolute atomic E-state index is 0.0240. The fourth-order valence-corrected chi connectivity index (χ4v) is 3.28. The number of carbonyl (C=O) groups excluding carboxylic acids is 4. The summed E-state index contributed by atoms with van der Waals surface area (Å²) in [6.07, 6.45) is -0.747. The van der Waals surface area contributed by atoms with Crippen LogP contribution in [0.3, 0.4) is 0 Å². The summed E-state index contributed by atoms with van der Waals surface area (Å²) >= 11 is 0. The van der Waals surface area contributed by atoms with Gasteiger partial charge in [-0.05, 0) is 38.3 Å². The minimum Gasteiger partial charge on any atom is -0.467 e. The molecule has 2 atom stereocenters. The van der Waals surface area contributed by atoms with Crippen molar-refractivity contribution in [2.45, 2.75) is 64.3 Å². The number of hydrogen-bond acceptors (Lipinski definition) is 7. The number of carbonyl (C=O) groups is 4. The molecule has 36 heavy (non-hydrogen) atoms. The van der Waals surface area contributed by atoms with Crippen LogP contribution < -0.4 is 10.6 Å². The Labute approximate surface area is 211 Å². The summed E-state index contributed by atoms with van der Waals surface area (Å²) in [7, 11) is 1.19. The zero-order chi connectivity index (χ0) is 26.6. The van der Waals surface area contributed by atoms with Gasteiger partial charge in [-0.2, -0.15) is 0 Å². The fraction of sp³-hybridized carbons (Fsp3) is 0.407. The average molecular weight is 499 g/mol. The molecule has 0 saturated heterocycles. The van der Waals surface area contributed by atoms with Gasteiger partial charge in [-0.15, -0.1) is 0 Å². The molecule has 9 nitrogen and oxygen atoms in total. The molecule has 0 aliphatic carbocycles. The summed E-state index contributed by atoms with van der Waals surface area (Å²) in [5, 5.41) is 5.17. The minimum atomic E-state index is -1.10. The van der Waals surface area contributed by atoms with E-state index >= 15 is 0 Å². The van der Waals surface area contributed by atoms with Gasteiger partial charge in [0.1, 0.15) is 24.3 Å². The first-order chi connectivity index (χ1) is 17.1. The van der Waals surface area contributed by atoms with Crippen LogP contribution in [0.2, 0.25) is 0 Å². The first-order valence-electron chi connectivity index (χ1n) is 11.7. The summed E-state index contributed by atoms with van der Waals surface area (Å²) in [5.74, 6) is -1.83. The maximum Gasteiger partial charge on any atom is 0.408 e. The highest BCUT2D eigenvalue weighted by Crippen LogP contribution is 2.11. The Balaban J connectivity index is 2.07. The molecule has 0 spiro atoms. The number of rotatable bonds is 11. The Bertz CT molecular complexity index is 1000. The van der Waals surface area contributed by atoms with Crippen LogP contribution in [-0.2, 0) is 41.6 Å². The first kappa shape index (κ1) is 28.4. The van der Waals surface area contributed by atoms with Crippen LogP contribution in [0, 0.1) is 0 Å². The van der Waals surface area contributed by atoms with Gasteiger partial charge in [-0.1, -0.05) is 60.7 Å². The number of hydrogen-bond donors (Lipinski definition) is 2. The predicted molar refractivity (Wildman–Crippen MR) is 133 cm³/mol. The van der Waals surface area contributed by atoms with Crippen LogP contribution in [0.25, 0.3) is 0 Å². The summed E-state index contributed by atoms with van der Waals surface area (Å²) in [6, 6.07) is 16.1. The monoisotopic (exact) mass is 498 g/mol. The van der Waals surface area contributed by atoms with Crippen LogP contribution in [0.1, 0.15) is 44.7 Å². The quantitative estimate of drug-likeness (QED) is 0.360. The molecule has 0 radical (unpaired) electrons. The van der Waals surface area contributed by atoms with Crippen LogP contribution >= 0.6 is 0 Å². The number of methoxy groups -OCH3 is 1. The highest BCUT2D eigenvalue weighted by molar-refractivity contribution is 5.90. The predicted octanol–water partition coefficient (Wildman–Crippen LogP) is 3.30. The number of amides is 2. The summed E-state index contributed by atoms with van der Waals surface area (Å²) < 4.78 is 15.3. The zero-order valence-corrected chi connectivity index (χ0v) is 21.1. The van der Waals surface area contributed by atoms with E-state index in [0.717, 1.165) is 11.1 Å². The van der Waals surface area contributed by atoms with Crippen LogP contribution in [0.15, 0.2) is 60.7 Å². The molecule has 2 rings (SSSR count). The van der Waals surface area contributed by atoms with Crippen molar-refractivity contribution in [2.75, 3.05) is 7.11 Å². The van der Waals surface area contributed by atoms with Gasteiger partial charge < -0.3 is 24.8 Å². The molecule has 0 aliphatic rings. The van der Waals surface area contributed by atoms with E-state index in [0.29, 0.717) is 0 Å². The Morgan fingerprint density at radius 2 is 1.42 bits per heavy atom. The Morgan fingerprint density at radius 3 is 1.97 bits per heavy atom. The lowest BCUT2D eigenvalue weighted by atomic mass is 10.0. The number of esters is 2. The lowest BCUT2D eigenvalue weighted by Crippen LogP contribution is -2.52. The molecule has 0 aliphatic heterocycles. The van der Waals surface area contributed by atoms with Crippen molar-refractivity contribution in [1.29, 1.82) is 0 Å². The van der Waals surface area contributed by atoms with Gasteiger partial charge in [-0.3, -0.25) is 9.59 Å². The maximum absolute atomic E-state index is 13.2. The standard InChI is InChI=1S/C27H34N2O7/c1-27(2,3)36-23(30)16-15-21(25(32)34-4)28-24(31)22(17-19-11-7-5-8-12-19)29-26(33)35-18-20-13-9-6-10-14-20/h5-14,21-22H,15-18H2,1-4H3,(H,28,31)(H,29,33)/t21-,22+/m0/s1. The van der Waals surface area contributed by atoms with Crippen molar-refractivity contribution >= 4 is 23.9 Å². The highest BCUT2D eigenvalue weighted by atomic mass is 16.6. The van der Waals surface area contributed by atoms with E-state index < -0.39 is 41.6 Å². The van der Waals surface area contributed by atoms with Crippen LogP contribution in [-0.4, -0.2) is 48.7 Å². The first-order valence-corrected chi connectivity index (χ1v) is 11.7. The summed E-state index contributed by atoms with van der Waals surface area (Å²) in [6.45, 7) is 5.25. The SMILES string of the molecule is COC(=O)[C@H](CCC(=O)OC(C)(C)C)NC(=O)[C@@H](Cc1ccccc1)NC(=O)OCc1ccccc1. The van der Waals surface area contributed by atoms with Crippen LogP contribution in [0.4, 0.5) is 4.79 Å². The Morgan fingerprint density at radius 1 is 0.833 bits per heavy atom. The van der Waals surface area contributed by atoms with E-state index in [2.05, 4.69) is 10.6 Å². The van der Waals surface area contributed by atoms with Gasteiger partial charge >= 0.3 is 18.0 Å². The highest BCUT2D eigenvalue weighted by Gasteiger charge is 2.29. The molecule has 2 N–H and O–H groups in total. The van der Waals surface area contributed by atoms with E-state index in [1.54, 1.807) is 20.8 Å². The number of alkyl carbamates (subject to hydrolysis) is 1. The molecular formula is C27H34N2O7. The van der Waals surface area contributed by atoms with E-state index in [9.17, 15) is 19.2 Å². The third-order valence-electron chi connectivity index (χ3n) is 4.96. The summed E-state index contributed by atoms with van der Waals surface area (Å²) in [5.41, 5.74) is 0.917. The van der Waals surface area contributed by atoms with Crippen molar-refractivity contribution in [1.82, 2.24) is 10.6 Å². The van der Waals surface area contributed by atoms with E-state index in [1.807, 2.05) is 60.7 Å². The van der Waals surface area contributed by atoms with Crippen molar-refractivity contribution in [3.8, 4) is 0 Å². The lowest BCUT2D eigenvalue weighted by Gasteiger charge is -2.23. The topological polar surface area (TPSA) is 120 Å². The van der Waals surface area contributed by atoms with Crippen molar-refractivity contribution in [3.63, 3.8) is 0 Å². The molecule has 194 valence electrons. The molecule has 0 heterocycles. The van der Waals surface area contributed by atoms with Gasteiger partial charge in [-0.25, -0.2) is 9.59 Å². The molecule has 0 saturated carbocycles. The largest absolute Gasteiger partial charge is 0.467 e. The Kier molecular flexibility index (Phi) is 10.9. The van der Waals surface area contributed by atoms with Crippen molar-refractivity contribution in [2.24, 2.45) is 0 Å². The van der Waals surface area contributed by atoms with E-state index in [1.165, 1.54) is 7.11 Å². The molecule has 0 bridgehead atoms. The van der Waals surface area contributed by atoms with Crippen molar-refractivity contribution in [3.05, 3.63) is 71.8 Å². The molecule has 0 fully saturated rings. The Hall–Kier alpha value is -3.88. The van der Waals surface area contributed by atoms with Crippen LogP contribution in [0.5, 0.6) is 0 Å². The third-order valence-corrected chi connectivity index (χ3v) is 4.96. The van der Waals surface area contributed by atoms with Gasteiger partial charge in [0.2, 0.25) is 5.91 Å². The van der Waals surface area contributed by atoms with E-state index in [4.69, 9.17) is 14.2 Å². The molecule has 9 heteroatoms. The fourth-order valence-electron chi connectivity index (χ4n) is 3.28. The molecule has 2 aromatic rings. The number of ether oxygens (including phenoxy) is 3. The smallest absolute Gasteiger partial charge is 0.408 e. The van der Waals surface area contributed by atoms with Gasteiger partial charge in [0.25, 0.3) is 0 Å². The van der Waals surface area contributed by atoms with Gasteiger partial charge in [0, 0.05) is 12.8 Å².